The molecule has 5 amide bonds. The predicted octanol–water partition coefficient (Wildman–Crippen LogP) is 4.90. The van der Waals surface area contributed by atoms with Crippen LogP contribution in [-0.2, 0) is 19.1 Å². The fourth-order valence-corrected chi connectivity index (χ4v) is 10.1. The fraction of sp³-hybridized carbons (Fsp3) is 0.413. The first-order valence-corrected chi connectivity index (χ1v) is 22.2. The van der Waals surface area contributed by atoms with E-state index in [1.165, 1.54) is 18.5 Å². The monoisotopic (exact) mass is 891 g/mol. The van der Waals surface area contributed by atoms with Crippen molar-refractivity contribution in [2.45, 2.75) is 62.8 Å². The number of rotatable bonds is 12. The maximum Gasteiger partial charge on any atom is 0.262 e. The summed E-state index contributed by atoms with van der Waals surface area (Å²) in [6.07, 6.45) is 8.83. The highest BCUT2D eigenvalue weighted by molar-refractivity contribution is 6.31. The zero-order chi connectivity index (χ0) is 44.1. The number of nitrogens with one attached hydrogen (secondary N) is 3. The van der Waals surface area contributed by atoms with Gasteiger partial charge < -0.3 is 25.0 Å². The molecule has 3 N–H and O–H groups in total. The number of carbonyl (C=O) groups is 5. The van der Waals surface area contributed by atoms with Gasteiger partial charge in [0.15, 0.2) is 0 Å². The van der Waals surface area contributed by atoms with E-state index in [0.29, 0.717) is 82.7 Å². The minimum Gasteiger partial charge on any atom is -0.486 e. The molecule has 4 aromatic rings. The maximum absolute atomic E-state index is 13.8. The number of carbonyl (C=O) groups excluding carboxylic acids is 5. The number of hydrogen-bond acceptors (Lipinski definition) is 13. The number of nitrogens with zero attached hydrogens (tertiary/aromatic N) is 6. The van der Waals surface area contributed by atoms with Crippen LogP contribution in [0.1, 0.15) is 59.2 Å². The Morgan fingerprint density at radius 3 is 2.53 bits per heavy atom. The minimum atomic E-state index is -0.983. The van der Waals surface area contributed by atoms with Gasteiger partial charge >= 0.3 is 0 Å². The number of hydrogen-bond donors (Lipinski definition) is 3. The van der Waals surface area contributed by atoms with Crippen LogP contribution in [0.4, 0.5) is 27.3 Å². The number of aromatic nitrogens is 2. The van der Waals surface area contributed by atoms with Crippen LogP contribution < -0.4 is 25.6 Å². The molecule has 0 saturated carbocycles. The Hall–Kier alpha value is -6.01. The van der Waals surface area contributed by atoms with Crippen LogP contribution in [0.5, 0.6) is 5.75 Å². The van der Waals surface area contributed by atoms with Crippen molar-refractivity contribution in [3.63, 3.8) is 0 Å². The molecule has 6 saturated heterocycles. The van der Waals surface area contributed by atoms with Gasteiger partial charge in [0, 0.05) is 80.0 Å². The van der Waals surface area contributed by atoms with E-state index >= 15 is 0 Å². The van der Waals surface area contributed by atoms with Gasteiger partial charge in [-0.2, -0.15) is 0 Å². The molecule has 3 aromatic carbocycles. The van der Waals surface area contributed by atoms with Crippen LogP contribution in [0.15, 0.2) is 67.0 Å². The van der Waals surface area contributed by atoms with Gasteiger partial charge in [0.1, 0.15) is 35.9 Å². The second-order valence-corrected chi connectivity index (χ2v) is 17.8. The molecule has 0 aliphatic carbocycles. The van der Waals surface area contributed by atoms with Crippen molar-refractivity contribution in [1.29, 1.82) is 0 Å². The quantitative estimate of drug-likeness (QED) is 0.129. The smallest absolute Gasteiger partial charge is 0.262 e. The highest BCUT2D eigenvalue weighted by atomic mass is 35.5. The van der Waals surface area contributed by atoms with Crippen LogP contribution in [0, 0.1) is 11.7 Å². The highest BCUT2D eigenvalue weighted by Gasteiger charge is 2.48. The van der Waals surface area contributed by atoms with Gasteiger partial charge in [0.25, 0.3) is 11.8 Å². The van der Waals surface area contributed by atoms with Crippen LogP contribution in [0.25, 0.3) is 10.9 Å². The number of fused-ring (bicyclic) bond motifs is 4. The molecular formula is C46H47ClFN9O7. The SMILES string of the molecule is O=C(/C=C/CN1CCC(CN2CC3CC(C2)N3c2ccc3c(c2)C(=O)N(C2CCC(=O)NC2=O)C3=O)CC1)Nc1cc2c(Nc3ccc(F)c(Cl)c3)ncnc2cc1O[C@H]1CCOC1. The number of anilines is 4. The predicted molar refractivity (Wildman–Crippen MR) is 235 cm³/mol. The number of imide groups is 2. The van der Waals surface area contributed by atoms with Gasteiger partial charge in [-0.05, 0) is 87.2 Å². The minimum absolute atomic E-state index is 0.0234. The molecule has 3 unspecified atom stereocenters. The average molecular weight is 892 g/mol. The van der Waals surface area contributed by atoms with Crippen LogP contribution in [0.2, 0.25) is 5.02 Å². The van der Waals surface area contributed by atoms with Gasteiger partial charge in [0.2, 0.25) is 17.7 Å². The van der Waals surface area contributed by atoms with E-state index in [1.54, 1.807) is 36.4 Å². The molecule has 18 heteroatoms. The Morgan fingerprint density at radius 2 is 1.77 bits per heavy atom. The van der Waals surface area contributed by atoms with E-state index in [0.717, 1.165) is 69.0 Å². The third-order valence-electron chi connectivity index (χ3n) is 13.2. The lowest BCUT2D eigenvalue weighted by molar-refractivity contribution is -0.136. The van der Waals surface area contributed by atoms with Gasteiger partial charge in [-0.15, -0.1) is 0 Å². The summed E-state index contributed by atoms with van der Waals surface area (Å²) in [6, 6.07) is 12.9. The van der Waals surface area contributed by atoms with Gasteiger partial charge in [0.05, 0.1) is 40.6 Å². The first-order chi connectivity index (χ1) is 31.0. The van der Waals surface area contributed by atoms with Crippen molar-refractivity contribution in [3.8, 4) is 5.75 Å². The topological polar surface area (TPSA) is 179 Å². The highest BCUT2D eigenvalue weighted by Crippen LogP contribution is 2.40. The van der Waals surface area contributed by atoms with Crippen molar-refractivity contribution >= 4 is 74.9 Å². The number of amides is 5. The summed E-state index contributed by atoms with van der Waals surface area (Å²) < 4.78 is 25.6. The molecule has 2 bridgehead atoms. The first kappa shape index (κ1) is 42.0. The third kappa shape index (κ3) is 8.40. The Morgan fingerprint density at radius 1 is 0.953 bits per heavy atom. The lowest BCUT2D eigenvalue weighted by Crippen LogP contribution is -2.69. The molecule has 8 heterocycles. The summed E-state index contributed by atoms with van der Waals surface area (Å²) in [5, 5.41) is 9.03. The summed E-state index contributed by atoms with van der Waals surface area (Å²) in [4.78, 5) is 81.3. The van der Waals surface area contributed by atoms with Crippen LogP contribution in [-0.4, -0.2) is 131 Å². The molecule has 11 rings (SSSR count). The van der Waals surface area contributed by atoms with Crippen molar-refractivity contribution in [3.05, 3.63) is 89.0 Å². The van der Waals surface area contributed by atoms with Gasteiger partial charge in [-0.25, -0.2) is 14.4 Å². The van der Waals surface area contributed by atoms with Crippen molar-refractivity contribution in [2.24, 2.45) is 5.92 Å². The van der Waals surface area contributed by atoms with E-state index in [2.05, 4.69) is 40.6 Å². The molecular weight excluding hydrogens is 845 g/mol. The van der Waals surface area contributed by atoms with E-state index in [9.17, 15) is 28.4 Å². The van der Waals surface area contributed by atoms with E-state index in [1.807, 2.05) is 12.1 Å². The van der Waals surface area contributed by atoms with Crippen LogP contribution in [0.3, 0.4) is 0 Å². The Kier molecular flexibility index (Phi) is 11.5. The molecule has 0 spiro atoms. The summed E-state index contributed by atoms with van der Waals surface area (Å²) in [5.74, 6) is -1.33. The Bertz CT molecular complexity index is 2570. The molecule has 4 atom stereocenters. The summed E-state index contributed by atoms with van der Waals surface area (Å²) in [5.41, 5.74) is 3.11. The fourth-order valence-electron chi connectivity index (χ4n) is 9.96. The maximum atomic E-state index is 13.8. The molecule has 64 heavy (non-hydrogen) atoms. The molecule has 332 valence electrons. The van der Waals surface area contributed by atoms with Crippen LogP contribution >= 0.6 is 11.6 Å². The number of piperazine rings is 1. The zero-order valence-corrected chi connectivity index (χ0v) is 35.7. The number of ether oxygens (including phenoxy) is 2. The molecule has 7 aliphatic rings. The normalized spacial score (nSPS) is 24.0. The van der Waals surface area contributed by atoms with Crippen molar-refractivity contribution < 1.29 is 37.8 Å². The van der Waals surface area contributed by atoms with Crippen molar-refractivity contribution in [1.82, 2.24) is 30.0 Å². The summed E-state index contributed by atoms with van der Waals surface area (Å²) in [7, 11) is 0. The Balaban J connectivity index is 0.714. The molecule has 0 radical (unpaired) electrons. The lowest BCUT2D eigenvalue weighted by atomic mass is 9.85. The van der Waals surface area contributed by atoms with E-state index in [-0.39, 0.29) is 29.9 Å². The standard InChI is InChI=1S/C46H47ClFN9O7/c47-35-16-27(3-6-36(35)48)51-43-34-19-38(40(20-37(34)49-25-50-43)64-31-11-15-63-24-31)52-41(58)2-1-12-54-13-9-26(10-14-54)21-55-22-29-17-30(23-55)56(29)28-4-5-32-33(18-28)46(62)57(45(32)61)39-7-8-42(59)53-44(39)60/h1-6,16,18-20,25-26,29-31,39H,7-15,17,21-24H2,(H,52,58)(H,49,50,51)(H,53,59,60)/b2-1+/t29?,30?,31-,39?/m0/s1. The van der Waals surface area contributed by atoms with Gasteiger partial charge in [-0.3, -0.25) is 44.0 Å². The molecule has 7 aliphatic heterocycles. The van der Waals surface area contributed by atoms with Crippen molar-refractivity contribution in [2.75, 3.05) is 68.0 Å². The molecule has 6 fully saturated rings. The second kappa shape index (κ2) is 17.5. The largest absolute Gasteiger partial charge is 0.486 e. The number of likely N-dealkylation sites (tertiary alicyclic amines) is 1. The average Bonchev–Trinajstić information content (AvgIpc) is 3.88. The summed E-state index contributed by atoms with van der Waals surface area (Å²) >= 11 is 6.02. The Labute approximate surface area is 373 Å². The zero-order valence-electron chi connectivity index (χ0n) is 34.9. The molecule has 1 aromatic heterocycles. The second-order valence-electron chi connectivity index (χ2n) is 17.4. The lowest BCUT2D eigenvalue weighted by Gasteiger charge is -2.58. The third-order valence-corrected chi connectivity index (χ3v) is 13.5. The molecule has 16 nitrogen and oxygen atoms in total. The summed E-state index contributed by atoms with van der Waals surface area (Å²) in [6.45, 7) is 6.42. The number of benzene rings is 3. The first-order valence-electron chi connectivity index (χ1n) is 21.9. The number of halogens is 2. The number of piperidine rings is 3. The van der Waals surface area contributed by atoms with Gasteiger partial charge in [-0.1, -0.05) is 17.7 Å². The van der Waals surface area contributed by atoms with E-state index in [4.69, 9.17) is 21.1 Å². The van der Waals surface area contributed by atoms with E-state index < -0.39 is 35.5 Å².